The monoisotopic (exact) mass is 312 g/mol. The normalized spacial score (nSPS) is 21.3. The van der Waals surface area contributed by atoms with Crippen LogP contribution in [-0.2, 0) is 11.2 Å². The van der Waals surface area contributed by atoms with E-state index in [0.717, 1.165) is 10.5 Å². The van der Waals surface area contributed by atoms with Crippen LogP contribution in [0.3, 0.4) is 0 Å². The molecule has 0 radical (unpaired) electrons. The molecular weight excluding hydrogens is 296 g/mol. The SMILES string of the molecule is O=C(O)[C@@H]1CC(O)CN1C(=O)NCCc1ccc(Cl)cc1. The van der Waals surface area contributed by atoms with E-state index in [9.17, 15) is 14.7 Å². The van der Waals surface area contributed by atoms with Gasteiger partial charge in [0.25, 0.3) is 0 Å². The first kappa shape index (κ1) is 15.6. The minimum atomic E-state index is -1.10. The van der Waals surface area contributed by atoms with Crippen LogP contribution in [0.4, 0.5) is 4.79 Å². The van der Waals surface area contributed by atoms with Gasteiger partial charge in [-0.25, -0.2) is 9.59 Å². The molecule has 1 aliphatic rings. The second kappa shape index (κ2) is 6.78. The van der Waals surface area contributed by atoms with Gasteiger partial charge in [0.15, 0.2) is 0 Å². The number of carboxylic acid groups (broad SMARTS) is 1. The Hall–Kier alpha value is -1.79. The summed E-state index contributed by atoms with van der Waals surface area (Å²) >= 11 is 5.79. The third-order valence-corrected chi connectivity index (χ3v) is 3.68. The van der Waals surface area contributed by atoms with E-state index in [1.54, 1.807) is 12.1 Å². The van der Waals surface area contributed by atoms with Crippen molar-refractivity contribution in [1.29, 1.82) is 0 Å². The van der Waals surface area contributed by atoms with Crippen LogP contribution in [0.2, 0.25) is 5.02 Å². The third-order valence-electron chi connectivity index (χ3n) is 3.43. The van der Waals surface area contributed by atoms with E-state index >= 15 is 0 Å². The number of halogens is 1. The molecule has 3 N–H and O–H groups in total. The number of benzene rings is 1. The number of aliphatic hydroxyl groups is 1. The molecule has 1 fully saturated rings. The summed E-state index contributed by atoms with van der Waals surface area (Å²) in [6.07, 6.45) is -0.0927. The number of hydrogen-bond acceptors (Lipinski definition) is 3. The number of rotatable bonds is 4. The molecule has 0 bridgehead atoms. The smallest absolute Gasteiger partial charge is 0.326 e. The van der Waals surface area contributed by atoms with Gasteiger partial charge in [-0.2, -0.15) is 0 Å². The lowest BCUT2D eigenvalue weighted by molar-refractivity contribution is -0.141. The van der Waals surface area contributed by atoms with E-state index in [1.165, 1.54) is 0 Å². The molecule has 1 aromatic rings. The highest BCUT2D eigenvalue weighted by Crippen LogP contribution is 2.18. The van der Waals surface area contributed by atoms with Crippen LogP contribution in [0.25, 0.3) is 0 Å². The lowest BCUT2D eigenvalue weighted by Crippen LogP contribution is -2.46. The summed E-state index contributed by atoms with van der Waals surface area (Å²) < 4.78 is 0. The van der Waals surface area contributed by atoms with Gasteiger partial charge in [0.2, 0.25) is 0 Å². The molecule has 114 valence electrons. The fraction of sp³-hybridized carbons (Fsp3) is 0.429. The Labute approximate surface area is 127 Å². The number of likely N-dealkylation sites (tertiary alicyclic amines) is 1. The highest BCUT2D eigenvalue weighted by molar-refractivity contribution is 6.30. The first-order valence-corrected chi connectivity index (χ1v) is 7.05. The molecule has 1 saturated heterocycles. The fourth-order valence-electron chi connectivity index (χ4n) is 2.34. The number of nitrogens with one attached hydrogen (secondary N) is 1. The zero-order chi connectivity index (χ0) is 15.4. The van der Waals surface area contributed by atoms with Crippen LogP contribution in [0.15, 0.2) is 24.3 Å². The maximum absolute atomic E-state index is 12.0. The van der Waals surface area contributed by atoms with Crippen LogP contribution < -0.4 is 5.32 Å². The van der Waals surface area contributed by atoms with Crippen molar-refractivity contribution in [3.05, 3.63) is 34.9 Å². The number of carbonyl (C=O) groups excluding carboxylic acids is 1. The second-order valence-electron chi connectivity index (χ2n) is 5.00. The van der Waals surface area contributed by atoms with Gasteiger partial charge < -0.3 is 20.4 Å². The van der Waals surface area contributed by atoms with Gasteiger partial charge in [-0.3, -0.25) is 0 Å². The quantitative estimate of drug-likeness (QED) is 0.777. The predicted molar refractivity (Wildman–Crippen MR) is 77.3 cm³/mol. The number of nitrogens with zero attached hydrogens (tertiary/aromatic N) is 1. The predicted octanol–water partition coefficient (Wildman–Crippen LogP) is 1.11. The number of aliphatic hydroxyl groups excluding tert-OH is 1. The van der Waals surface area contributed by atoms with Crippen molar-refractivity contribution < 1.29 is 19.8 Å². The third kappa shape index (κ3) is 4.09. The maximum Gasteiger partial charge on any atom is 0.326 e. The van der Waals surface area contributed by atoms with Crippen LogP contribution in [0.1, 0.15) is 12.0 Å². The lowest BCUT2D eigenvalue weighted by Gasteiger charge is -2.21. The first-order valence-electron chi connectivity index (χ1n) is 6.67. The Morgan fingerprint density at radius 3 is 2.62 bits per heavy atom. The Morgan fingerprint density at radius 2 is 2.00 bits per heavy atom. The Bertz CT molecular complexity index is 520. The average Bonchev–Trinajstić information content (AvgIpc) is 2.83. The fourth-order valence-corrected chi connectivity index (χ4v) is 2.46. The maximum atomic E-state index is 12.0. The van der Waals surface area contributed by atoms with Crippen molar-refractivity contribution in [1.82, 2.24) is 10.2 Å². The van der Waals surface area contributed by atoms with E-state index in [-0.39, 0.29) is 13.0 Å². The summed E-state index contributed by atoms with van der Waals surface area (Å²) in [7, 11) is 0. The highest BCUT2D eigenvalue weighted by Gasteiger charge is 2.38. The summed E-state index contributed by atoms with van der Waals surface area (Å²) in [5.41, 5.74) is 1.02. The molecule has 1 aliphatic heterocycles. The van der Waals surface area contributed by atoms with E-state index < -0.39 is 24.1 Å². The number of amides is 2. The molecule has 1 heterocycles. The van der Waals surface area contributed by atoms with Crippen LogP contribution in [0, 0.1) is 0 Å². The number of carbonyl (C=O) groups is 2. The molecule has 0 spiro atoms. The molecule has 1 aromatic carbocycles. The highest BCUT2D eigenvalue weighted by atomic mass is 35.5. The summed E-state index contributed by atoms with van der Waals surface area (Å²) in [6, 6.07) is 5.86. The molecule has 2 amide bonds. The Kier molecular flexibility index (Phi) is 5.03. The summed E-state index contributed by atoms with van der Waals surface area (Å²) in [6.45, 7) is 0.434. The second-order valence-corrected chi connectivity index (χ2v) is 5.44. The van der Waals surface area contributed by atoms with Gasteiger partial charge in [0.05, 0.1) is 6.10 Å². The van der Waals surface area contributed by atoms with Gasteiger partial charge in [-0.15, -0.1) is 0 Å². The molecule has 7 heteroatoms. The standard InChI is InChI=1S/C14H17ClN2O4/c15-10-3-1-9(2-4-10)5-6-16-14(21)17-8-11(18)7-12(17)13(19)20/h1-4,11-12,18H,5-8H2,(H,16,21)(H,19,20)/t11?,12-/m0/s1. The average molecular weight is 313 g/mol. The van der Waals surface area contributed by atoms with Crippen molar-refractivity contribution in [3.63, 3.8) is 0 Å². The molecule has 2 atom stereocenters. The summed E-state index contributed by atoms with van der Waals surface area (Å²) in [5, 5.41) is 21.9. The van der Waals surface area contributed by atoms with E-state index in [0.29, 0.717) is 18.0 Å². The van der Waals surface area contributed by atoms with Crippen molar-refractivity contribution in [2.24, 2.45) is 0 Å². The van der Waals surface area contributed by atoms with Crippen molar-refractivity contribution in [2.75, 3.05) is 13.1 Å². The zero-order valence-electron chi connectivity index (χ0n) is 11.3. The minimum absolute atomic E-state index is 0.0454. The summed E-state index contributed by atoms with van der Waals surface area (Å²) in [5.74, 6) is -1.10. The van der Waals surface area contributed by atoms with Crippen LogP contribution >= 0.6 is 11.6 Å². The zero-order valence-corrected chi connectivity index (χ0v) is 12.1. The van der Waals surface area contributed by atoms with Crippen LogP contribution in [-0.4, -0.2) is 52.3 Å². The molecule has 6 nitrogen and oxygen atoms in total. The Balaban J connectivity index is 1.84. The molecular formula is C14H17ClN2O4. The molecule has 2 rings (SSSR count). The number of hydrogen-bond donors (Lipinski definition) is 3. The van der Waals surface area contributed by atoms with Gasteiger partial charge in [-0.05, 0) is 24.1 Å². The molecule has 0 aliphatic carbocycles. The molecule has 0 aromatic heterocycles. The molecule has 21 heavy (non-hydrogen) atoms. The van der Waals surface area contributed by atoms with Gasteiger partial charge in [0.1, 0.15) is 6.04 Å². The lowest BCUT2D eigenvalue weighted by atomic mass is 10.1. The van der Waals surface area contributed by atoms with Gasteiger partial charge >= 0.3 is 12.0 Å². The number of carboxylic acids is 1. The largest absolute Gasteiger partial charge is 0.480 e. The van der Waals surface area contributed by atoms with E-state index in [2.05, 4.69) is 5.32 Å². The number of β-amino-alcohol motifs (C(OH)–C–C–N with tert-alkyl or cyclic N) is 1. The van der Waals surface area contributed by atoms with Crippen molar-refractivity contribution in [2.45, 2.75) is 25.0 Å². The Morgan fingerprint density at radius 1 is 1.33 bits per heavy atom. The van der Waals surface area contributed by atoms with Crippen molar-refractivity contribution in [3.8, 4) is 0 Å². The number of aliphatic carboxylic acids is 1. The first-order chi connectivity index (χ1) is 9.97. The summed E-state index contributed by atoms with van der Waals surface area (Å²) in [4.78, 5) is 24.2. The van der Waals surface area contributed by atoms with Crippen LogP contribution in [0.5, 0.6) is 0 Å². The topological polar surface area (TPSA) is 89.9 Å². The van der Waals surface area contributed by atoms with E-state index in [1.807, 2.05) is 12.1 Å². The van der Waals surface area contributed by atoms with Crippen molar-refractivity contribution >= 4 is 23.6 Å². The molecule has 0 saturated carbocycles. The minimum Gasteiger partial charge on any atom is -0.480 e. The van der Waals surface area contributed by atoms with E-state index in [4.69, 9.17) is 16.7 Å². The van der Waals surface area contributed by atoms with Gasteiger partial charge in [-0.1, -0.05) is 23.7 Å². The number of urea groups is 1. The van der Waals surface area contributed by atoms with Gasteiger partial charge in [0, 0.05) is 24.5 Å². The molecule has 1 unspecified atom stereocenters.